The summed E-state index contributed by atoms with van der Waals surface area (Å²) in [5, 5.41) is 0. The van der Waals surface area contributed by atoms with Crippen molar-refractivity contribution >= 4 is 37.1 Å². The fourth-order valence-corrected chi connectivity index (χ4v) is 5.74. The van der Waals surface area contributed by atoms with Crippen LogP contribution in [-0.4, -0.2) is 4.08 Å². The topological polar surface area (TPSA) is 153 Å². The van der Waals surface area contributed by atoms with Gasteiger partial charge in [-0.25, -0.2) is 0 Å². The number of nitrogens with zero attached hydrogens (tertiary/aromatic N) is 1. The minimum absolute atomic E-state index is 0.268. The van der Waals surface area contributed by atoms with Crippen molar-refractivity contribution < 1.29 is 9.13 Å². The molecule has 0 aliphatic rings. The molecule has 0 fully saturated rings. The average Bonchev–Trinajstić information content (AvgIpc) is 2.26. The maximum atomic E-state index is 11.8. The maximum absolute atomic E-state index is 11.8. The summed E-state index contributed by atoms with van der Waals surface area (Å²) < 4.78 is 26.4. The second-order valence-corrected chi connectivity index (χ2v) is 9.58. The van der Waals surface area contributed by atoms with Crippen LogP contribution in [0.2, 0.25) is 0 Å². The highest BCUT2D eigenvalue weighted by atomic mass is 33.1. The summed E-state index contributed by atoms with van der Waals surface area (Å²) in [7, 11) is -5.02. The lowest BCUT2D eigenvalue weighted by Gasteiger charge is -2.23. The molecule has 1 aromatic rings. The van der Waals surface area contributed by atoms with Crippen LogP contribution in [0.25, 0.3) is 0 Å². The highest BCUT2D eigenvalue weighted by Gasteiger charge is 2.23. The molecule has 0 saturated heterocycles. The van der Waals surface area contributed by atoms with Crippen LogP contribution in [0.1, 0.15) is 5.56 Å². The highest BCUT2D eigenvalue weighted by Crippen LogP contribution is 2.45. The van der Waals surface area contributed by atoms with Crippen LogP contribution in [0, 0.1) is 0 Å². The summed E-state index contributed by atoms with van der Waals surface area (Å²) in [5.41, 5.74) is 22.0. The van der Waals surface area contributed by atoms with Crippen LogP contribution in [0.3, 0.4) is 0 Å². The molecule has 0 atom stereocenters. The summed E-state index contributed by atoms with van der Waals surface area (Å²) in [6.07, 6.45) is 0. The molecule has 0 spiro atoms. The molecule has 0 saturated carbocycles. The molecular weight excluding hydrogens is 326 g/mol. The second kappa shape index (κ2) is 7.24. The Balaban J connectivity index is 2.64. The third-order valence-corrected chi connectivity index (χ3v) is 7.24. The van der Waals surface area contributed by atoms with E-state index in [0.717, 1.165) is 27.5 Å². The van der Waals surface area contributed by atoms with E-state index >= 15 is 0 Å². The molecule has 0 unspecified atom stereocenters. The van der Waals surface area contributed by atoms with Gasteiger partial charge in [0.2, 0.25) is 0 Å². The Morgan fingerprint density at radius 3 is 2.16 bits per heavy atom. The van der Waals surface area contributed by atoms with E-state index in [1.807, 2.05) is 30.3 Å². The minimum atomic E-state index is -3.46. The van der Waals surface area contributed by atoms with E-state index in [0.29, 0.717) is 0 Å². The number of hydrogen-bond acceptors (Lipinski definition) is 4. The predicted octanol–water partition coefficient (Wildman–Crippen LogP) is 1.34. The predicted molar refractivity (Wildman–Crippen MR) is 82.3 cm³/mol. The zero-order chi connectivity index (χ0) is 14.5. The van der Waals surface area contributed by atoms with Gasteiger partial charge in [-0.05, 0) is 5.56 Å². The summed E-state index contributed by atoms with van der Waals surface area (Å²) in [6, 6.07) is 9.24. The van der Waals surface area contributed by atoms with E-state index in [1.165, 1.54) is 4.08 Å². The van der Waals surface area contributed by atoms with Gasteiger partial charge in [0.05, 0.1) is 0 Å². The Bertz CT molecular complexity index is 492. The average molecular weight is 342 g/mol. The lowest BCUT2D eigenvalue weighted by atomic mass is 10.2. The molecule has 9 N–H and O–H groups in total. The van der Waals surface area contributed by atoms with E-state index in [4.69, 9.17) is 22.0 Å². The molecule has 19 heavy (non-hydrogen) atoms. The van der Waals surface area contributed by atoms with E-state index in [9.17, 15) is 9.13 Å². The summed E-state index contributed by atoms with van der Waals surface area (Å²) in [6.45, 7) is 0.268. The van der Waals surface area contributed by atoms with Crippen molar-refractivity contribution in [2.45, 2.75) is 6.54 Å². The monoisotopic (exact) mass is 342 g/mol. The molecule has 0 aromatic heterocycles. The molecular formula is C7H16N6O2P2S2. The summed E-state index contributed by atoms with van der Waals surface area (Å²) in [5.74, 6) is 0. The molecule has 0 heterocycles. The van der Waals surface area contributed by atoms with Crippen molar-refractivity contribution in [3.05, 3.63) is 35.9 Å². The van der Waals surface area contributed by atoms with Crippen molar-refractivity contribution in [3.63, 3.8) is 0 Å². The van der Waals surface area contributed by atoms with Gasteiger partial charge in [-0.1, -0.05) is 30.3 Å². The first-order valence-corrected chi connectivity index (χ1v) is 10.7. The van der Waals surface area contributed by atoms with E-state index in [-0.39, 0.29) is 6.54 Å². The van der Waals surface area contributed by atoms with Crippen molar-refractivity contribution in [1.82, 2.24) is 8.57 Å². The van der Waals surface area contributed by atoms with Gasteiger partial charge in [0.1, 0.15) is 0 Å². The molecule has 12 heteroatoms. The first kappa shape index (κ1) is 17.2. The number of benzene rings is 1. The van der Waals surface area contributed by atoms with Crippen LogP contribution < -0.4 is 26.5 Å². The first-order valence-electron chi connectivity index (χ1n) is 4.96. The van der Waals surface area contributed by atoms with Crippen LogP contribution in [0.4, 0.5) is 0 Å². The zero-order valence-corrected chi connectivity index (χ0v) is 13.3. The van der Waals surface area contributed by atoms with Gasteiger partial charge in [0.15, 0.2) is 0 Å². The number of rotatable bonds is 7. The lowest BCUT2D eigenvalue weighted by Crippen LogP contribution is -2.23. The summed E-state index contributed by atoms with van der Waals surface area (Å²) in [4.78, 5) is 0. The Morgan fingerprint density at radius 2 is 1.68 bits per heavy atom. The van der Waals surface area contributed by atoms with Gasteiger partial charge >= 0.3 is 0 Å². The lowest BCUT2D eigenvalue weighted by molar-refractivity contribution is 0.535. The molecule has 0 aliphatic carbocycles. The molecule has 0 aliphatic heterocycles. The van der Waals surface area contributed by atoms with Crippen LogP contribution >= 0.6 is 37.1 Å². The first-order chi connectivity index (χ1) is 8.68. The Morgan fingerprint density at radius 1 is 1.11 bits per heavy atom. The SMILES string of the molecule is NP(N)(=O)NSSN(Cc1ccccc1)P(N)(N)=O. The van der Waals surface area contributed by atoms with Crippen LogP contribution in [0.15, 0.2) is 30.3 Å². The number of nitrogens with two attached hydrogens (primary N) is 4. The van der Waals surface area contributed by atoms with Gasteiger partial charge in [-0.2, -0.15) is 8.57 Å². The second-order valence-electron chi connectivity index (χ2n) is 3.63. The molecule has 0 radical (unpaired) electrons. The van der Waals surface area contributed by atoms with Crippen molar-refractivity contribution in [1.29, 1.82) is 0 Å². The van der Waals surface area contributed by atoms with Gasteiger partial charge in [0.25, 0.3) is 15.2 Å². The molecule has 8 nitrogen and oxygen atoms in total. The van der Waals surface area contributed by atoms with Gasteiger partial charge in [0, 0.05) is 28.5 Å². The Hall–Kier alpha value is 0.140. The number of hydrogen-bond donors (Lipinski definition) is 5. The fourth-order valence-electron chi connectivity index (χ4n) is 1.05. The number of nitrogens with one attached hydrogen (secondary N) is 1. The van der Waals surface area contributed by atoms with Crippen molar-refractivity contribution in [2.75, 3.05) is 0 Å². The molecule has 1 aromatic carbocycles. The largest absolute Gasteiger partial charge is 0.286 e. The van der Waals surface area contributed by atoms with E-state index < -0.39 is 15.2 Å². The van der Waals surface area contributed by atoms with E-state index in [2.05, 4.69) is 4.49 Å². The molecule has 1 rings (SSSR count). The van der Waals surface area contributed by atoms with E-state index in [1.54, 1.807) is 0 Å². The van der Waals surface area contributed by atoms with Crippen molar-refractivity contribution in [3.8, 4) is 0 Å². The molecule has 108 valence electrons. The van der Waals surface area contributed by atoms with Gasteiger partial charge in [-0.15, -0.1) is 0 Å². The highest BCUT2D eigenvalue weighted by molar-refractivity contribution is 8.76. The standard InChI is InChI=1S/C7H16N6O2P2S2/c8-16(9,14)12-18-19-13(17(10,11)15)6-7-4-2-1-3-5-7/h1-5H,6H2,(H4,10,11,15)(H5,8,9,12,14). The van der Waals surface area contributed by atoms with Gasteiger partial charge in [-0.3, -0.25) is 31.1 Å². The summed E-state index contributed by atoms with van der Waals surface area (Å²) >= 11 is 0. The normalized spacial score (nSPS) is 12.9. The molecule has 0 amide bonds. The van der Waals surface area contributed by atoms with Crippen molar-refractivity contribution in [2.24, 2.45) is 22.0 Å². The third-order valence-electron chi connectivity index (χ3n) is 1.81. The smallest absolute Gasteiger partial charge is 0.271 e. The third kappa shape index (κ3) is 7.48. The Labute approximate surface area is 119 Å². The fraction of sp³-hybridized carbons (Fsp3) is 0.143. The maximum Gasteiger partial charge on any atom is 0.286 e. The Kier molecular flexibility index (Phi) is 6.55. The zero-order valence-electron chi connectivity index (χ0n) is 9.88. The van der Waals surface area contributed by atoms with Crippen LogP contribution in [-0.2, 0) is 15.7 Å². The van der Waals surface area contributed by atoms with Crippen LogP contribution in [0.5, 0.6) is 0 Å². The minimum Gasteiger partial charge on any atom is -0.271 e. The quantitative estimate of drug-likeness (QED) is 0.278. The van der Waals surface area contributed by atoms with Gasteiger partial charge < -0.3 is 0 Å². The molecule has 0 bridgehead atoms.